The molecular weight excluding hydrogens is 496 g/mol. The number of ether oxygens (including phenoxy) is 2. The van der Waals surface area contributed by atoms with Crippen molar-refractivity contribution in [2.45, 2.75) is 37.1 Å². The Bertz CT molecular complexity index is 1140. The molecule has 0 aliphatic carbocycles. The Labute approximate surface area is 197 Å². The van der Waals surface area contributed by atoms with Gasteiger partial charge in [0.25, 0.3) is 0 Å². The molecule has 7 nitrogen and oxygen atoms in total. The summed E-state index contributed by atoms with van der Waals surface area (Å²) in [5.41, 5.74) is 2.04. The SMILES string of the molecule is COc1ccc(OC)c(S(=O)(=O)N2CCC[C@@H](C(=O)N3c4ccc(Br)cc4C[C@H]3C)C2)c1. The molecule has 0 N–H and O–H groups in total. The number of amides is 1. The highest BCUT2D eigenvalue weighted by Crippen LogP contribution is 2.37. The third kappa shape index (κ3) is 4.13. The van der Waals surface area contributed by atoms with Gasteiger partial charge in [-0.3, -0.25) is 4.79 Å². The van der Waals surface area contributed by atoms with Gasteiger partial charge in [-0.15, -0.1) is 0 Å². The first kappa shape index (κ1) is 23.1. The highest BCUT2D eigenvalue weighted by molar-refractivity contribution is 9.10. The maximum absolute atomic E-state index is 13.5. The van der Waals surface area contributed by atoms with Crippen LogP contribution in [0, 0.1) is 5.92 Å². The van der Waals surface area contributed by atoms with E-state index in [4.69, 9.17) is 9.47 Å². The van der Waals surface area contributed by atoms with Crippen molar-refractivity contribution < 1.29 is 22.7 Å². The molecular formula is C23H27BrN2O5S. The molecule has 0 radical (unpaired) electrons. The lowest BCUT2D eigenvalue weighted by molar-refractivity contribution is -0.123. The van der Waals surface area contributed by atoms with Crippen molar-refractivity contribution in [3.63, 3.8) is 0 Å². The van der Waals surface area contributed by atoms with E-state index in [2.05, 4.69) is 15.9 Å². The number of sulfonamides is 1. The Morgan fingerprint density at radius 3 is 2.62 bits per heavy atom. The Morgan fingerprint density at radius 1 is 1.12 bits per heavy atom. The van der Waals surface area contributed by atoms with E-state index in [-0.39, 0.29) is 29.1 Å². The number of hydrogen-bond donors (Lipinski definition) is 0. The molecule has 2 aromatic rings. The second-order valence-corrected chi connectivity index (χ2v) is 11.1. The predicted molar refractivity (Wildman–Crippen MR) is 126 cm³/mol. The fourth-order valence-electron chi connectivity index (χ4n) is 4.62. The number of hydrogen-bond acceptors (Lipinski definition) is 5. The summed E-state index contributed by atoms with van der Waals surface area (Å²) in [4.78, 5) is 15.4. The third-order valence-electron chi connectivity index (χ3n) is 6.22. The first-order chi connectivity index (χ1) is 15.3. The molecule has 0 bridgehead atoms. The largest absolute Gasteiger partial charge is 0.497 e. The first-order valence-corrected chi connectivity index (χ1v) is 12.8. The number of benzene rings is 2. The van der Waals surface area contributed by atoms with Gasteiger partial charge in [-0.1, -0.05) is 15.9 Å². The van der Waals surface area contributed by atoms with Crippen molar-refractivity contribution in [1.29, 1.82) is 0 Å². The summed E-state index contributed by atoms with van der Waals surface area (Å²) in [6.45, 7) is 2.55. The lowest BCUT2D eigenvalue weighted by atomic mass is 9.97. The van der Waals surface area contributed by atoms with Crippen LogP contribution in [0.1, 0.15) is 25.3 Å². The van der Waals surface area contributed by atoms with Crippen LogP contribution in [0.2, 0.25) is 0 Å². The van der Waals surface area contributed by atoms with Crippen LogP contribution < -0.4 is 14.4 Å². The molecule has 32 heavy (non-hydrogen) atoms. The molecule has 4 rings (SSSR count). The van der Waals surface area contributed by atoms with Gasteiger partial charge in [0.15, 0.2) is 0 Å². The fourth-order valence-corrected chi connectivity index (χ4v) is 6.72. The molecule has 172 valence electrons. The van der Waals surface area contributed by atoms with Gasteiger partial charge in [0, 0.05) is 35.4 Å². The normalized spacial score (nSPS) is 21.3. The Balaban J connectivity index is 1.60. The second-order valence-electron chi connectivity index (χ2n) is 8.25. The molecule has 0 aromatic heterocycles. The fraction of sp³-hybridized carbons (Fsp3) is 0.435. The van der Waals surface area contributed by atoms with E-state index in [9.17, 15) is 13.2 Å². The quantitative estimate of drug-likeness (QED) is 0.596. The van der Waals surface area contributed by atoms with Crippen LogP contribution in [0.5, 0.6) is 11.5 Å². The lowest BCUT2D eigenvalue weighted by Crippen LogP contribution is -2.48. The van der Waals surface area contributed by atoms with E-state index in [1.807, 2.05) is 30.0 Å². The Morgan fingerprint density at radius 2 is 1.91 bits per heavy atom. The van der Waals surface area contributed by atoms with Gasteiger partial charge in [-0.05, 0) is 62.1 Å². The molecule has 2 aromatic carbocycles. The van der Waals surface area contributed by atoms with Gasteiger partial charge in [0.1, 0.15) is 16.4 Å². The van der Waals surface area contributed by atoms with Crippen molar-refractivity contribution >= 4 is 37.5 Å². The van der Waals surface area contributed by atoms with Crippen LogP contribution >= 0.6 is 15.9 Å². The van der Waals surface area contributed by atoms with Crippen molar-refractivity contribution in [3.05, 3.63) is 46.4 Å². The summed E-state index contributed by atoms with van der Waals surface area (Å²) in [5.74, 6) is 0.276. The molecule has 2 aliphatic rings. The van der Waals surface area contributed by atoms with Crippen molar-refractivity contribution in [2.75, 3.05) is 32.2 Å². The molecule has 2 aliphatic heterocycles. The maximum Gasteiger partial charge on any atom is 0.246 e. The van der Waals surface area contributed by atoms with Crippen LogP contribution in [0.15, 0.2) is 45.8 Å². The number of carbonyl (C=O) groups is 1. The number of fused-ring (bicyclic) bond motifs is 1. The van der Waals surface area contributed by atoms with E-state index in [0.29, 0.717) is 25.1 Å². The van der Waals surface area contributed by atoms with E-state index < -0.39 is 15.9 Å². The zero-order chi connectivity index (χ0) is 23.0. The molecule has 9 heteroatoms. The smallest absolute Gasteiger partial charge is 0.246 e. The molecule has 2 heterocycles. The molecule has 1 fully saturated rings. The van der Waals surface area contributed by atoms with Crippen molar-refractivity contribution in [1.82, 2.24) is 4.31 Å². The van der Waals surface area contributed by atoms with Crippen molar-refractivity contribution in [2.24, 2.45) is 5.92 Å². The highest BCUT2D eigenvalue weighted by Gasteiger charge is 2.40. The zero-order valence-electron chi connectivity index (χ0n) is 18.4. The summed E-state index contributed by atoms with van der Waals surface area (Å²) in [5, 5.41) is 0. The Kier molecular flexibility index (Phi) is 6.51. The van der Waals surface area contributed by atoms with Crippen molar-refractivity contribution in [3.8, 4) is 11.5 Å². The van der Waals surface area contributed by atoms with Crippen LogP contribution in [0.3, 0.4) is 0 Å². The Hall–Kier alpha value is -2.10. The lowest BCUT2D eigenvalue weighted by Gasteiger charge is -2.34. The number of methoxy groups -OCH3 is 2. The molecule has 0 spiro atoms. The minimum absolute atomic E-state index is 0.0175. The maximum atomic E-state index is 13.5. The second kappa shape index (κ2) is 9.03. The standard InChI is InChI=1S/C23H27BrN2O5S/c1-15-11-17-12-18(24)6-8-20(17)26(15)23(27)16-5-4-10-25(14-16)32(28,29)22-13-19(30-2)7-9-21(22)31-3/h6-9,12-13,15-16H,4-5,10-11,14H2,1-3H3/t15-,16-/m1/s1. The summed E-state index contributed by atoms with van der Waals surface area (Å²) in [6, 6.07) is 10.7. The molecule has 0 saturated carbocycles. The minimum Gasteiger partial charge on any atom is -0.497 e. The van der Waals surface area contributed by atoms with E-state index in [1.54, 1.807) is 12.1 Å². The van der Waals surface area contributed by atoms with Crippen LogP contribution in [0.4, 0.5) is 5.69 Å². The minimum atomic E-state index is -3.86. The average molecular weight is 523 g/mol. The van der Waals surface area contributed by atoms with Crippen LogP contribution in [0.25, 0.3) is 0 Å². The molecule has 1 amide bonds. The zero-order valence-corrected chi connectivity index (χ0v) is 20.8. The van der Waals surface area contributed by atoms with Crippen LogP contribution in [-0.4, -0.2) is 52.0 Å². The number of carbonyl (C=O) groups excluding carboxylic acids is 1. The van der Waals surface area contributed by atoms with Gasteiger partial charge in [-0.25, -0.2) is 8.42 Å². The van der Waals surface area contributed by atoms with E-state index >= 15 is 0 Å². The number of piperidine rings is 1. The summed E-state index contributed by atoms with van der Waals surface area (Å²) in [6.07, 6.45) is 2.07. The summed E-state index contributed by atoms with van der Waals surface area (Å²) in [7, 11) is -0.930. The predicted octanol–water partition coefficient (Wildman–Crippen LogP) is 3.84. The average Bonchev–Trinajstić information content (AvgIpc) is 3.12. The third-order valence-corrected chi connectivity index (χ3v) is 8.60. The molecule has 2 atom stereocenters. The number of halogens is 1. The van der Waals surface area contributed by atoms with E-state index in [0.717, 1.165) is 22.1 Å². The van der Waals surface area contributed by atoms with Gasteiger partial charge in [0.2, 0.25) is 15.9 Å². The first-order valence-electron chi connectivity index (χ1n) is 10.6. The number of rotatable bonds is 5. The summed E-state index contributed by atoms with van der Waals surface area (Å²) < 4.78 is 39.9. The topological polar surface area (TPSA) is 76.1 Å². The highest BCUT2D eigenvalue weighted by atomic mass is 79.9. The van der Waals surface area contributed by atoms with Gasteiger partial charge in [0.05, 0.1) is 20.1 Å². The monoisotopic (exact) mass is 522 g/mol. The van der Waals surface area contributed by atoms with Gasteiger partial charge < -0.3 is 14.4 Å². The molecule has 1 saturated heterocycles. The van der Waals surface area contributed by atoms with Gasteiger partial charge >= 0.3 is 0 Å². The molecule has 0 unspecified atom stereocenters. The summed E-state index contributed by atoms with van der Waals surface area (Å²) >= 11 is 3.50. The number of nitrogens with zero attached hydrogens (tertiary/aromatic N) is 2. The van der Waals surface area contributed by atoms with E-state index in [1.165, 1.54) is 24.6 Å². The van der Waals surface area contributed by atoms with Gasteiger partial charge in [-0.2, -0.15) is 4.31 Å². The van der Waals surface area contributed by atoms with Crippen LogP contribution in [-0.2, 0) is 21.2 Å². The number of anilines is 1.